The molecular formula is C19H22N4O3. The van der Waals surface area contributed by atoms with Gasteiger partial charge in [0.1, 0.15) is 11.5 Å². The van der Waals surface area contributed by atoms with Crippen LogP contribution in [-0.4, -0.2) is 27.0 Å². The number of para-hydroxylation sites is 1. The zero-order chi connectivity index (χ0) is 17.9. The van der Waals surface area contributed by atoms with E-state index >= 15 is 0 Å². The molecule has 1 amide bonds. The van der Waals surface area contributed by atoms with Crippen LogP contribution in [0.5, 0.6) is 11.8 Å². The van der Waals surface area contributed by atoms with Gasteiger partial charge in [0.2, 0.25) is 0 Å². The van der Waals surface area contributed by atoms with Gasteiger partial charge >= 0.3 is 11.9 Å². The van der Waals surface area contributed by atoms with Crippen molar-refractivity contribution in [3.63, 3.8) is 0 Å². The van der Waals surface area contributed by atoms with Crippen molar-refractivity contribution in [1.82, 2.24) is 19.9 Å². The molecule has 2 heterocycles. The number of nitrogens with zero attached hydrogens (tertiary/aromatic N) is 3. The van der Waals surface area contributed by atoms with Gasteiger partial charge in [0.15, 0.2) is 5.69 Å². The molecule has 0 spiro atoms. The second-order valence-electron chi connectivity index (χ2n) is 6.72. The summed E-state index contributed by atoms with van der Waals surface area (Å²) in [5.41, 5.74) is 0.367. The molecule has 0 bridgehead atoms. The van der Waals surface area contributed by atoms with Gasteiger partial charge in [0.25, 0.3) is 5.91 Å². The topological polar surface area (TPSA) is 81.7 Å². The van der Waals surface area contributed by atoms with Gasteiger partial charge in [-0.3, -0.25) is 4.79 Å². The minimum atomic E-state index is -0.192. The molecule has 0 atom stereocenters. The maximum absolute atomic E-state index is 12.7. The Kier molecular flexibility index (Phi) is 4.60. The smallest absolute Gasteiger partial charge is 0.344 e. The predicted molar refractivity (Wildman–Crippen MR) is 95.4 cm³/mol. The Morgan fingerprint density at radius 1 is 1.27 bits per heavy atom. The van der Waals surface area contributed by atoms with Crippen molar-refractivity contribution >= 4 is 11.8 Å². The number of aryl methyl sites for hydroxylation is 1. The van der Waals surface area contributed by atoms with Gasteiger partial charge in [-0.25, -0.2) is 0 Å². The fraction of sp³-hybridized carbons (Fsp3) is 0.421. The summed E-state index contributed by atoms with van der Waals surface area (Å²) in [6, 6.07) is 9.40. The van der Waals surface area contributed by atoms with E-state index in [0.29, 0.717) is 29.7 Å². The van der Waals surface area contributed by atoms with Gasteiger partial charge in [-0.05, 0) is 37.8 Å². The van der Waals surface area contributed by atoms with E-state index in [9.17, 15) is 4.79 Å². The largest absolute Gasteiger partial charge is 0.426 e. The van der Waals surface area contributed by atoms with Crippen molar-refractivity contribution < 1.29 is 13.9 Å². The number of hydrogen-bond donors (Lipinski definition) is 1. The number of hydrogen-bond acceptors (Lipinski definition) is 5. The average Bonchev–Trinajstić information content (AvgIpc) is 3.17. The zero-order valence-electron chi connectivity index (χ0n) is 14.8. The second-order valence-corrected chi connectivity index (χ2v) is 6.72. The van der Waals surface area contributed by atoms with Crippen molar-refractivity contribution in [1.29, 1.82) is 0 Å². The summed E-state index contributed by atoms with van der Waals surface area (Å²) in [6.07, 6.45) is 6.16. The summed E-state index contributed by atoms with van der Waals surface area (Å²) in [5.74, 6) is 1.73. The molecular weight excluding hydrogens is 332 g/mol. The lowest BCUT2D eigenvalue weighted by atomic mass is 9.89. The monoisotopic (exact) mass is 354 g/mol. The van der Waals surface area contributed by atoms with E-state index < -0.39 is 0 Å². The van der Waals surface area contributed by atoms with Gasteiger partial charge in [0, 0.05) is 6.54 Å². The van der Waals surface area contributed by atoms with E-state index in [1.807, 2.05) is 30.3 Å². The normalized spacial score (nSPS) is 15.3. The molecule has 4 rings (SSSR count). The maximum atomic E-state index is 12.7. The molecule has 1 aliphatic carbocycles. The highest BCUT2D eigenvalue weighted by molar-refractivity contribution is 5.93. The molecule has 26 heavy (non-hydrogen) atoms. The van der Waals surface area contributed by atoms with E-state index in [2.05, 4.69) is 15.4 Å². The Hall–Kier alpha value is -2.83. The van der Waals surface area contributed by atoms with Crippen molar-refractivity contribution in [3.8, 4) is 11.8 Å². The number of ether oxygens (including phenoxy) is 1. The molecule has 1 aliphatic rings. The first-order chi connectivity index (χ1) is 12.7. The number of carbonyl (C=O) groups is 1. The van der Waals surface area contributed by atoms with Crippen LogP contribution in [0.2, 0.25) is 0 Å². The molecule has 0 aliphatic heterocycles. The van der Waals surface area contributed by atoms with Crippen LogP contribution in [0.25, 0.3) is 5.84 Å². The van der Waals surface area contributed by atoms with Crippen LogP contribution >= 0.6 is 0 Å². The first-order valence-corrected chi connectivity index (χ1v) is 9.08. The maximum Gasteiger partial charge on any atom is 0.344 e. The number of oxazole rings is 1. The number of benzene rings is 1. The van der Waals surface area contributed by atoms with Gasteiger partial charge < -0.3 is 14.5 Å². The SMILES string of the molecule is Cc1oc2nc(Oc3ccccc3)nn2c1C(=O)NCC1CCCCC1. The third-order valence-corrected chi connectivity index (χ3v) is 4.79. The molecule has 3 aromatic rings. The van der Waals surface area contributed by atoms with Crippen molar-refractivity contribution in [2.75, 3.05) is 6.54 Å². The molecule has 7 heteroatoms. The summed E-state index contributed by atoms with van der Waals surface area (Å²) in [7, 11) is 0. The number of carbonyl (C=O) groups excluding carboxylic acids is 1. The quantitative estimate of drug-likeness (QED) is 0.755. The van der Waals surface area contributed by atoms with Gasteiger partial charge in [0.05, 0.1) is 0 Å². The predicted octanol–water partition coefficient (Wildman–Crippen LogP) is 3.73. The molecule has 1 saturated carbocycles. The van der Waals surface area contributed by atoms with Gasteiger partial charge in [-0.2, -0.15) is 4.52 Å². The van der Waals surface area contributed by atoms with Gasteiger partial charge in [-0.1, -0.05) is 37.5 Å². The number of fused-ring (bicyclic) bond motifs is 1. The number of aromatic nitrogens is 3. The fourth-order valence-corrected chi connectivity index (χ4v) is 3.43. The Balaban J connectivity index is 1.50. The van der Waals surface area contributed by atoms with Crippen molar-refractivity contribution in [3.05, 3.63) is 41.8 Å². The molecule has 1 fully saturated rings. The molecule has 7 nitrogen and oxygen atoms in total. The Morgan fingerprint density at radius 3 is 2.81 bits per heavy atom. The standard InChI is InChI=1S/C19H22N4O3/c1-13-16(17(24)20-12-14-8-4-2-5-9-14)23-19(25-13)21-18(22-23)26-15-10-6-3-7-11-15/h3,6-7,10-11,14H,2,4-5,8-9,12H2,1H3,(H,20,24). The molecule has 1 aromatic carbocycles. The van der Waals surface area contributed by atoms with Crippen LogP contribution in [0.15, 0.2) is 34.7 Å². The second kappa shape index (κ2) is 7.19. The highest BCUT2D eigenvalue weighted by Crippen LogP contribution is 2.24. The van der Waals surface area contributed by atoms with Crippen LogP contribution in [0.4, 0.5) is 0 Å². The Morgan fingerprint density at radius 2 is 2.04 bits per heavy atom. The third kappa shape index (κ3) is 3.42. The lowest BCUT2D eigenvalue weighted by Crippen LogP contribution is -2.31. The summed E-state index contributed by atoms with van der Waals surface area (Å²) in [5, 5.41) is 7.29. The van der Waals surface area contributed by atoms with Crippen molar-refractivity contribution in [2.24, 2.45) is 5.92 Å². The highest BCUT2D eigenvalue weighted by atomic mass is 16.5. The molecule has 136 valence electrons. The van der Waals surface area contributed by atoms with Crippen LogP contribution in [0.1, 0.15) is 48.4 Å². The molecule has 0 unspecified atom stereocenters. The minimum Gasteiger partial charge on any atom is -0.426 e. The minimum absolute atomic E-state index is 0.149. The van der Waals surface area contributed by atoms with Gasteiger partial charge in [-0.15, -0.1) is 10.1 Å². The first-order valence-electron chi connectivity index (χ1n) is 9.08. The highest BCUT2D eigenvalue weighted by Gasteiger charge is 2.23. The van der Waals surface area contributed by atoms with Crippen LogP contribution < -0.4 is 10.1 Å². The molecule has 0 radical (unpaired) electrons. The number of rotatable bonds is 5. The van der Waals surface area contributed by atoms with E-state index in [0.717, 1.165) is 0 Å². The number of amides is 1. The Labute approximate surface area is 151 Å². The third-order valence-electron chi connectivity index (χ3n) is 4.79. The Bertz CT molecular complexity index is 894. The van der Waals surface area contributed by atoms with E-state index in [4.69, 9.17) is 9.15 Å². The summed E-state index contributed by atoms with van der Waals surface area (Å²) in [4.78, 5) is 16.9. The first kappa shape index (κ1) is 16.6. The fourth-order valence-electron chi connectivity index (χ4n) is 3.43. The van der Waals surface area contributed by atoms with Crippen molar-refractivity contribution in [2.45, 2.75) is 39.0 Å². The lowest BCUT2D eigenvalue weighted by molar-refractivity contribution is 0.0935. The summed E-state index contributed by atoms with van der Waals surface area (Å²) >= 11 is 0. The number of nitrogens with one attached hydrogen (secondary N) is 1. The zero-order valence-corrected chi connectivity index (χ0v) is 14.8. The van der Waals surface area contributed by atoms with E-state index in [1.165, 1.54) is 36.6 Å². The summed E-state index contributed by atoms with van der Waals surface area (Å²) < 4.78 is 12.6. The average molecular weight is 354 g/mol. The van der Waals surface area contributed by atoms with Crippen LogP contribution in [0, 0.1) is 12.8 Å². The summed E-state index contributed by atoms with van der Waals surface area (Å²) in [6.45, 7) is 2.43. The molecule has 1 N–H and O–H groups in total. The molecule has 0 saturated heterocycles. The van der Waals surface area contributed by atoms with Crippen LogP contribution in [-0.2, 0) is 0 Å². The molecule has 2 aromatic heterocycles. The van der Waals surface area contributed by atoms with Crippen LogP contribution in [0.3, 0.4) is 0 Å². The van der Waals surface area contributed by atoms with E-state index in [-0.39, 0.29) is 17.8 Å². The van der Waals surface area contributed by atoms with E-state index in [1.54, 1.807) is 6.92 Å². The lowest BCUT2D eigenvalue weighted by Gasteiger charge is -2.21.